The zero-order valence-electron chi connectivity index (χ0n) is 13.8. The molecule has 0 fully saturated rings. The van der Waals surface area contributed by atoms with Gasteiger partial charge in [-0.05, 0) is 57.6 Å². The summed E-state index contributed by atoms with van der Waals surface area (Å²) in [6.07, 6.45) is 4.12. The van der Waals surface area contributed by atoms with Gasteiger partial charge < -0.3 is 15.3 Å². The lowest BCUT2D eigenvalue weighted by molar-refractivity contribution is 0.295. The van der Waals surface area contributed by atoms with Gasteiger partial charge in [-0.25, -0.2) is 0 Å². The highest BCUT2D eigenvalue weighted by molar-refractivity contribution is 5.91. The van der Waals surface area contributed by atoms with Crippen LogP contribution in [0, 0.1) is 0 Å². The Morgan fingerprint density at radius 1 is 1.23 bits per heavy atom. The summed E-state index contributed by atoms with van der Waals surface area (Å²) < 4.78 is 0. The van der Waals surface area contributed by atoms with Crippen molar-refractivity contribution < 1.29 is 5.11 Å². The van der Waals surface area contributed by atoms with E-state index in [1.165, 1.54) is 6.42 Å². The van der Waals surface area contributed by atoms with Gasteiger partial charge in [0.1, 0.15) is 5.75 Å². The molecule has 0 saturated carbocycles. The molecule has 22 heavy (non-hydrogen) atoms. The fraction of sp³-hybridized carbons (Fsp3) is 0.500. The van der Waals surface area contributed by atoms with Gasteiger partial charge in [-0.3, -0.25) is 4.98 Å². The number of hydrogen-bond donors (Lipinski definition) is 2. The molecule has 0 amide bonds. The molecule has 1 atom stereocenters. The van der Waals surface area contributed by atoms with Crippen LogP contribution in [0.2, 0.25) is 0 Å². The summed E-state index contributed by atoms with van der Waals surface area (Å²) in [5, 5.41) is 14.2. The number of aromatic nitrogens is 1. The number of hydrogen-bond acceptors (Lipinski definition) is 4. The zero-order chi connectivity index (χ0) is 15.9. The number of anilines is 1. The topological polar surface area (TPSA) is 48.4 Å². The van der Waals surface area contributed by atoms with Crippen LogP contribution in [0.4, 0.5) is 5.69 Å². The number of phenolic OH excluding ortho intramolecular Hbond substituents is 1. The lowest BCUT2D eigenvalue weighted by Gasteiger charge is -2.20. The van der Waals surface area contributed by atoms with Gasteiger partial charge in [-0.2, -0.15) is 0 Å². The third kappa shape index (κ3) is 4.34. The van der Waals surface area contributed by atoms with E-state index in [1.807, 2.05) is 12.1 Å². The quantitative estimate of drug-likeness (QED) is 0.777. The second-order valence-electron chi connectivity index (χ2n) is 5.77. The van der Waals surface area contributed by atoms with Gasteiger partial charge in [-0.1, -0.05) is 13.8 Å². The van der Waals surface area contributed by atoms with Crippen molar-refractivity contribution in [3.8, 4) is 5.75 Å². The van der Waals surface area contributed by atoms with Crippen LogP contribution >= 0.6 is 0 Å². The fourth-order valence-electron chi connectivity index (χ4n) is 2.76. The van der Waals surface area contributed by atoms with E-state index in [4.69, 9.17) is 0 Å². The van der Waals surface area contributed by atoms with Crippen molar-refractivity contribution in [2.24, 2.45) is 0 Å². The van der Waals surface area contributed by atoms with Gasteiger partial charge in [-0.15, -0.1) is 0 Å². The Morgan fingerprint density at radius 3 is 2.73 bits per heavy atom. The molecule has 120 valence electrons. The van der Waals surface area contributed by atoms with E-state index < -0.39 is 0 Å². The predicted octanol–water partition coefficient (Wildman–Crippen LogP) is 3.86. The highest BCUT2D eigenvalue weighted by atomic mass is 16.3. The molecule has 4 nitrogen and oxygen atoms in total. The third-order valence-corrected chi connectivity index (χ3v) is 4.13. The van der Waals surface area contributed by atoms with Crippen LogP contribution in [0.5, 0.6) is 5.75 Å². The minimum absolute atomic E-state index is 0.254. The van der Waals surface area contributed by atoms with Crippen LogP contribution < -0.4 is 5.32 Å². The van der Waals surface area contributed by atoms with Crippen molar-refractivity contribution in [2.75, 3.05) is 25.0 Å². The fourth-order valence-corrected chi connectivity index (χ4v) is 2.76. The first-order valence-electron chi connectivity index (χ1n) is 8.20. The number of pyridine rings is 1. The molecule has 1 aromatic heterocycles. The van der Waals surface area contributed by atoms with Crippen LogP contribution in [0.1, 0.15) is 33.6 Å². The largest absolute Gasteiger partial charge is 0.508 e. The molecule has 0 aliphatic rings. The standard InChI is InChI=1S/C18H27N3O/c1-4-21(5-2)12-6-7-14(3)20-17-10-11-19-18-13-15(22)8-9-16(17)18/h8-11,13-14,22H,4-7,12H2,1-3H3,(H,19,20). The van der Waals surface area contributed by atoms with Crippen LogP contribution in [-0.4, -0.2) is 40.7 Å². The molecule has 2 aromatic rings. The minimum atomic E-state index is 0.254. The van der Waals surface area contributed by atoms with E-state index in [2.05, 4.69) is 36.0 Å². The average molecular weight is 301 g/mol. The Balaban J connectivity index is 1.95. The molecule has 0 spiro atoms. The van der Waals surface area contributed by atoms with E-state index in [0.29, 0.717) is 6.04 Å². The first-order chi connectivity index (χ1) is 10.6. The maximum Gasteiger partial charge on any atom is 0.117 e. The average Bonchev–Trinajstić information content (AvgIpc) is 2.51. The number of fused-ring (bicyclic) bond motifs is 1. The Labute approximate surface area is 133 Å². The van der Waals surface area contributed by atoms with Crippen LogP contribution in [0.25, 0.3) is 10.9 Å². The lowest BCUT2D eigenvalue weighted by atomic mass is 10.1. The second-order valence-corrected chi connectivity index (χ2v) is 5.77. The number of benzene rings is 1. The first-order valence-corrected chi connectivity index (χ1v) is 8.20. The Hall–Kier alpha value is -1.81. The number of phenols is 1. The Kier molecular flexibility index (Phi) is 6.01. The van der Waals surface area contributed by atoms with E-state index in [1.54, 1.807) is 18.3 Å². The molecule has 0 saturated heterocycles. The summed E-state index contributed by atoms with van der Waals surface area (Å²) >= 11 is 0. The summed E-state index contributed by atoms with van der Waals surface area (Å²) in [4.78, 5) is 6.77. The Bertz CT molecular complexity index is 596. The van der Waals surface area contributed by atoms with Crippen LogP contribution in [0.3, 0.4) is 0 Å². The van der Waals surface area contributed by atoms with Gasteiger partial charge >= 0.3 is 0 Å². The minimum Gasteiger partial charge on any atom is -0.508 e. The number of nitrogens with one attached hydrogen (secondary N) is 1. The molecule has 0 aliphatic heterocycles. The molecular weight excluding hydrogens is 274 g/mol. The maximum atomic E-state index is 9.55. The number of nitrogens with zero attached hydrogens (tertiary/aromatic N) is 2. The van der Waals surface area contributed by atoms with Crippen molar-refractivity contribution in [3.05, 3.63) is 30.5 Å². The summed E-state index contributed by atoms with van der Waals surface area (Å²) in [5.74, 6) is 0.254. The second kappa shape index (κ2) is 7.99. The summed E-state index contributed by atoms with van der Waals surface area (Å²) in [7, 11) is 0. The Morgan fingerprint density at radius 2 is 2.00 bits per heavy atom. The lowest BCUT2D eigenvalue weighted by Crippen LogP contribution is -2.25. The van der Waals surface area contributed by atoms with Crippen molar-refractivity contribution in [1.82, 2.24) is 9.88 Å². The van der Waals surface area contributed by atoms with Crippen molar-refractivity contribution in [3.63, 3.8) is 0 Å². The van der Waals surface area contributed by atoms with Crippen LogP contribution in [-0.2, 0) is 0 Å². The highest BCUT2D eigenvalue weighted by Gasteiger charge is 2.07. The summed E-state index contributed by atoms with van der Waals surface area (Å²) in [6.45, 7) is 10.0. The highest BCUT2D eigenvalue weighted by Crippen LogP contribution is 2.25. The number of rotatable bonds is 8. The zero-order valence-corrected chi connectivity index (χ0v) is 13.8. The molecule has 0 radical (unpaired) electrons. The monoisotopic (exact) mass is 301 g/mol. The van der Waals surface area contributed by atoms with Crippen molar-refractivity contribution in [1.29, 1.82) is 0 Å². The van der Waals surface area contributed by atoms with E-state index in [9.17, 15) is 5.11 Å². The van der Waals surface area contributed by atoms with E-state index in [0.717, 1.165) is 42.6 Å². The molecule has 0 bridgehead atoms. The molecule has 0 aliphatic carbocycles. The summed E-state index contributed by atoms with van der Waals surface area (Å²) in [6, 6.07) is 7.74. The van der Waals surface area contributed by atoms with Crippen molar-refractivity contribution in [2.45, 2.75) is 39.7 Å². The maximum absolute atomic E-state index is 9.55. The molecular formula is C18H27N3O. The van der Waals surface area contributed by atoms with E-state index >= 15 is 0 Å². The van der Waals surface area contributed by atoms with Crippen molar-refractivity contribution >= 4 is 16.6 Å². The van der Waals surface area contributed by atoms with Gasteiger partial charge in [0.25, 0.3) is 0 Å². The van der Waals surface area contributed by atoms with E-state index in [-0.39, 0.29) is 5.75 Å². The van der Waals surface area contributed by atoms with Gasteiger partial charge in [0.2, 0.25) is 0 Å². The van der Waals surface area contributed by atoms with Gasteiger partial charge in [0.05, 0.1) is 5.52 Å². The molecule has 1 aromatic carbocycles. The molecule has 2 N–H and O–H groups in total. The predicted molar refractivity (Wildman–Crippen MR) is 93.5 cm³/mol. The molecule has 1 heterocycles. The third-order valence-electron chi connectivity index (χ3n) is 4.13. The van der Waals surface area contributed by atoms with Crippen LogP contribution in [0.15, 0.2) is 30.5 Å². The normalized spacial score (nSPS) is 12.7. The number of aromatic hydroxyl groups is 1. The molecule has 1 unspecified atom stereocenters. The molecule has 4 heteroatoms. The molecule has 2 rings (SSSR count). The summed E-state index contributed by atoms with van der Waals surface area (Å²) in [5.41, 5.74) is 1.90. The smallest absolute Gasteiger partial charge is 0.117 e. The van der Waals surface area contributed by atoms with Gasteiger partial charge in [0, 0.05) is 29.4 Å². The first kappa shape index (κ1) is 16.6. The van der Waals surface area contributed by atoms with Gasteiger partial charge in [0.15, 0.2) is 0 Å². The SMILES string of the molecule is CCN(CC)CCCC(C)Nc1ccnc2cc(O)ccc12.